The molecule has 0 unspecified atom stereocenters. The van der Waals surface area contributed by atoms with Gasteiger partial charge in [0.1, 0.15) is 6.73 Å². The summed E-state index contributed by atoms with van der Waals surface area (Å²) in [6.45, 7) is 2.32. The van der Waals surface area contributed by atoms with Crippen molar-refractivity contribution in [1.82, 2.24) is 10.6 Å². The van der Waals surface area contributed by atoms with Crippen molar-refractivity contribution in [3.05, 3.63) is 0 Å². The second-order valence-electron chi connectivity index (χ2n) is 1.77. The standard InChI is InChI=1S/C5H11N3O/c1-9-4-8-5-6-2-3-7-5/h2-4H2,1H3,(H2,6,7,8). The quantitative estimate of drug-likeness (QED) is 0.477. The van der Waals surface area contributed by atoms with Gasteiger partial charge in [-0.15, -0.1) is 0 Å². The number of aliphatic imine (C=N–C) groups is 1. The number of hydrogen-bond donors (Lipinski definition) is 2. The highest BCUT2D eigenvalue weighted by molar-refractivity contribution is 5.80. The number of ether oxygens (including phenoxy) is 1. The maximum absolute atomic E-state index is 4.77. The van der Waals surface area contributed by atoms with Gasteiger partial charge in [-0.1, -0.05) is 0 Å². The number of nitrogens with one attached hydrogen (secondary N) is 2. The molecule has 0 aromatic rings. The van der Waals surface area contributed by atoms with Crippen molar-refractivity contribution in [3.8, 4) is 0 Å². The van der Waals surface area contributed by atoms with E-state index in [-0.39, 0.29) is 0 Å². The lowest BCUT2D eigenvalue weighted by Crippen LogP contribution is -2.34. The van der Waals surface area contributed by atoms with E-state index in [2.05, 4.69) is 15.6 Å². The summed E-state index contributed by atoms with van der Waals surface area (Å²) in [5, 5.41) is 6.00. The number of hydrogen-bond acceptors (Lipinski definition) is 4. The number of guanidine groups is 1. The van der Waals surface area contributed by atoms with E-state index in [4.69, 9.17) is 4.74 Å². The van der Waals surface area contributed by atoms with Crippen molar-refractivity contribution in [2.75, 3.05) is 26.9 Å². The topological polar surface area (TPSA) is 45.6 Å². The second kappa shape index (κ2) is 3.29. The summed E-state index contributed by atoms with van der Waals surface area (Å²) in [6.07, 6.45) is 0. The Balaban J connectivity index is 2.11. The summed E-state index contributed by atoms with van der Waals surface area (Å²) in [5.41, 5.74) is 0. The molecule has 0 aromatic heterocycles. The van der Waals surface area contributed by atoms with Gasteiger partial charge in [0.15, 0.2) is 5.96 Å². The van der Waals surface area contributed by atoms with E-state index >= 15 is 0 Å². The van der Waals surface area contributed by atoms with E-state index in [0.717, 1.165) is 19.0 Å². The van der Waals surface area contributed by atoms with Crippen molar-refractivity contribution >= 4 is 5.96 Å². The number of rotatable bonds is 2. The Bertz CT molecular complexity index is 113. The van der Waals surface area contributed by atoms with Gasteiger partial charge in [-0.2, -0.15) is 0 Å². The van der Waals surface area contributed by atoms with Crippen LogP contribution in [0.4, 0.5) is 0 Å². The van der Waals surface area contributed by atoms with Crippen LogP contribution in [0.2, 0.25) is 0 Å². The fourth-order valence-electron chi connectivity index (χ4n) is 0.657. The molecule has 1 rings (SSSR count). The smallest absolute Gasteiger partial charge is 0.193 e. The highest BCUT2D eigenvalue weighted by Crippen LogP contribution is 1.79. The van der Waals surface area contributed by atoms with Gasteiger partial charge in [0.25, 0.3) is 0 Å². The Kier molecular flexibility index (Phi) is 2.32. The SMILES string of the molecule is COCNC1=NCCN1. The molecule has 0 aliphatic carbocycles. The monoisotopic (exact) mass is 129 g/mol. The van der Waals surface area contributed by atoms with Crippen LogP contribution in [-0.2, 0) is 4.74 Å². The van der Waals surface area contributed by atoms with E-state index in [1.807, 2.05) is 0 Å². The molecule has 0 saturated carbocycles. The maximum Gasteiger partial charge on any atom is 0.193 e. The first-order chi connectivity index (χ1) is 4.43. The lowest BCUT2D eigenvalue weighted by Gasteiger charge is -2.02. The molecule has 1 aliphatic heterocycles. The first kappa shape index (κ1) is 6.35. The van der Waals surface area contributed by atoms with Crippen LogP contribution in [-0.4, -0.2) is 32.9 Å². The van der Waals surface area contributed by atoms with Crippen LogP contribution in [0.15, 0.2) is 4.99 Å². The fraction of sp³-hybridized carbons (Fsp3) is 0.800. The molecule has 4 nitrogen and oxygen atoms in total. The molecule has 0 fully saturated rings. The van der Waals surface area contributed by atoms with Crippen LogP contribution in [0.3, 0.4) is 0 Å². The molecule has 1 aliphatic rings. The van der Waals surface area contributed by atoms with Gasteiger partial charge >= 0.3 is 0 Å². The van der Waals surface area contributed by atoms with Crippen LogP contribution in [0.5, 0.6) is 0 Å². The van der Waals surface area contributed by atoms with E-state index in [9.17, 15) is 0 Å². The molecule has 0 bridgehead atoms. The van der Waals surface area contributed by atoms with Gasteiger partial charge in [-0.25, -0.2) is 0 Å². The zero-order valence-corrected chi connectivity index (χ0v) is 5.48. The largest absolute Gasteiger partial charge is 0.364 e. The minimum absolute atomic E-state index is 0.520. The Hall–Kier alpha value is -0.770. The van der Waals surface area contributed by atoms with Crippen LogP contribution >= 0.6 is 0 Å². The maximum atomic E-state index is 4.77. The average molecular weight is 129 g/mol. The third-order valence-corrected chi connectivity index (χ3v) is 1.06. The van der Waals surface area contributed by atoms with Crippen molar-refractivity contribution in [1.29, 1.82) is 0 Å². The van der Waals surface area contributed by atoms with E-state index < -0.39 is 0 Å². The summed E-state index contributed by atoms with van der Waals surface area (Å²) in [6, 6.07) is 0. The summed E-state index contributed by atoms with van der Waals surface area (Å²) in [5.74, 6) is 0.844. The lowest BCUT2D eigenvalue weighted by atomic mass is 10.7. The second-order valence-corrected chi connectivity index (χ2v) is 1.77. The van der Waals surface area contributed by atoms with Gasteiger partial charge in [-0.05, 0) is 0 Å². The molecule has 52 valence electrons. The number of methoxy groups -OCH3 is 1. The Morgan fingerprint density at radius 1 is 1.89 bits per heavy atom. The molecule has 0 saturated heterocycles. The van der Waals surface area contributed by atoms with Gasteiger partial charge in [0, 0.05) is 13.7 Å². The summed E-state index contributed by atoms with van der Waals surface area (Å²) in [7, 11) is 1.64. The zero-order chi connectivity index (χ0) is 6.53. The predicted molar refractivity (Wildman–Crippen MR) is 35.3 cm³/mol. The third-order valence-electron chi connectivity index (χ3n) is 1.06. The van der Waals surface area contributed by atoms with Crippen molar-refractivity contribution < 1.29 is 4.74 Å². The fourth-order valence-corrected chi connectivity index (χ4v) is 0.657. The van der Waals surface area contributed by atoms with Gasteiger partial charge in [-0.3, -0.25) is 4.99 Å². The van der Waals surface area contributed by atoms with E-state index in [1.54, 1.807) is 7.11 Å². The molecular formula is C5H11N3O. The molecule has 0 amide bonds. The summed E-state index contributed by atoms with van der Waals surface area (Å²) >= 11 is 0. The lowest BCUT2D eigenvalue weighted by molar-refractivity contribution is 0.191. The highest BCUT2D eigenvalue weighted by Gasteiger charge is 2.00. The minimum atomic E-state index is 0.520. The highest BCUT2D eigenvalue weighted by atomic mass is 16.5. The van der Waals surface area contributed by atoms with Crippen LogP contribution in [0, 0.1) is 0 Å². The van der Waals surface area contributed by atoms with Gasteiger partial charge < -0.3 is 15.4 Å². The third kappa shape index (κ3) is 1.89. The zero-order valence-electron chi connectivity index (χ0n) is 5.48. The molecule has 2 N–H and O–H groups in total. The Labute approximate surface area is 54.3 Å². The van der Waals surface area contributed by atoms with Crippen LogP contribution in [0.25, 0.3) is 0 Å². The normalized spacial score (nSPS) is 16.8. The van der Waals surface area contributed by atoms with Gasteiger partial charge in [0.2, 0.25) is 0 Å². The van der Waals surface area contributed by atoms with E-state index in [1.165, 1.54) is 0 Å². The molecule has 1 heterocycles. The predicted octanol–water partition coefficient (Wildman–Crippen LogP) is -0.861. The molecular weight excluding hydrogens is 118 g/mol. The minimum Gasteiger partial charge on any atom is -0.364 e. The molecule has 0 radical (unpaired) electrons. The summed E-state index contributed by atoms with van der Waals surface area (Å²) in [4.78, 5) is 4.09. The number of nitrogens with zero attached hydrogens (tertiary/aromatic N) is 1. The first-order valence-electron chi connectivity index (χ1n) is 2.94. The van der Waals surface area contributed by atoms with E-state index in [0.29, 0.717) is 6.73 Å². The molecule has 9 heavy (non-hydrogen) atoms. The average Bonchev–Trinajstić information content (AvgIpc) is 2.34. The molecule has 0 spiro atoms. The Morgan fingerprint density at radius 2 is 2.78 bits per heavy atom. The van der Waals surface area contributed by atoms with Crippen LogP contribution < -0.4 is 10.6 Å². The van der Waals surface area contributed by atoms with Crippen molar-refractivity contribution in [3.63, 3.8) is 0 Å². The van der Waals surface area contributed by atoms with Gasteiger partial charge in [0.05, 0.1) is 6.54 Å². The molecule has 4 heteroatoms. The summed E-state index contributed by atoms with van der Waals surface area (Å²) < 4.78 is 4.77. The first-order valence-corrected chi connectivity index (χ1v) is 2.94. The Morgan fingerprint density at radius 3 is 3.33 bits per heavy atom. The van der Waals surface area contributed by atoms with Crippen LogP contribution in [0.1, 0.15) is 0 Å². The van der Waals surface area contributed by atoms with Crippen molar-refractivity contribution in [2.45, 2.75) is 0 Å². The van der Waals surface area contributed by atoms with Crippen molar-refractivity contribution in [2.24, 2.45) is 4.99 Å². The molecule has 0 atom stereocenters. The molecule has 0 aromatic carbocycles.